The fourth-order valence-electron chi connectivity index (χ4n) is 0.885. The second-order valence-corrected chi connectivity index (χ2v) is 2.63. The molecule has 0 aliphatic rings. The topological polar surface area (TPSA) is 80.6 Å². The molecule has 0 aromatic carbocycles. The van der Waals surface area contributed by atoms with Crippen molar-refractivity contribution in [1.29, 1.82) is 0 Å². The molecule has 0 saturated carbocycles. The van der Waals surface area contributed by atoms with Gasteiger partial charge >= 0.3 is 5.56 Å². The normalized spacial score (nSPS) is 13.0. The van der Waals surface area contributed by atoms with Gasteiger partial charge in [0.1, 0.15) is 0 Å². The third-order valence-electron chi connectivity index (χ3n) is 1.73. The molecule has 1 atom stereocenters. The van der Waals surface area contributed by atoms with Gasteiger partial charge in [0.2, 0.25) is 5.69 Å². The lowest BCUT2D eigenvalue weighted by Crippen LogP contribution is -3.00. The molecule has 0 fully saturated rings. The van der Waals surface area contributed by atoms with E-state index in [9.17, 15) is 10.0 Å². The van der Waals surface area contributed by atoms with Gasteiger partial charge in [-0.15, -0.1) is 0 Å². The van der Waals surface area contributed by atoms with Crippen molar-refractivity contribution in [2.24, 2.45) is 0 Å². The molecule has 0 spiro atoms. The third kappa shape index (κ3) is 1.53. The van der Waals surface area contributed by atoms with E-state index in [0.717, 1.165) is 5.56 Å². The maximum absolute atomic E-state index is 11.0. The number of aryl methyl sites for hydroxylation is 2. The summed E-state index contributed by atoms with van der Waals surface area (Å²) in [5.74, 6) is 0. The number of H-pyrrole nitrogens is 1. The second-order valence-electron chi connectivity index (χ2n) is 2.63. The monoisotopic (exact) mass is 170 g/mol. The Kier molecular flexibility index (Phi) is 2.27. The van der Waals surface area contributed by atoms with Crippen molar-refractivity contribution in [3.8, 4) is 0 Å². The molecule has 66 valence electrons. The Bertz CT molecular complexity index is 343. The zero-order chi connectivity index (χ0) is 9.30. The molecule has 5 heteroatoms. The summed E-state index contributed by atoms with van der Waals surface area (Å²) in [5, 5.41) is 17.8. The Labute approximate surface area is 68.8 Å². The van der Waals surface area contributed by atoms with Gasteiger partial charge in [-0.25, -0.2) is 5.21 Å². The van der Waals surface area contributed by atoms with Gasteiger partial charge in [0.15, 0.2) is 0 Å². The van der Waals surface area contributed by atoms with E-state index in [0.29, 0.717) is 5.69 Å². The summed E-state index contributed by atoms with van der Waals surface area (Å²) in [4.78, 5) is 13.4. The van der Waals surface area contributed by atoms with Crippen molar-refractivity contribution in [3.63, 3.8) is 0 Å². The van der Waals surface area contributed by atoms with Crippen LogP contribution < -0.4 is 10.8 Å². The Morgan fingerprint density at radius 3 is 2.67 bits per heavy atom. The van der Waals surface area contributed by atoms with Crippen molar-refractivity contribution in [2.75, 3.05) is 0 Å². The SMILES string of the molecule is Cc1cc([NH+]([O-])O)c(=O)[nH]c1C. The number of rotatable bonds is 1. The van der Waals surface area contributed by atoms with E-state index in [2.05, 4.69) is 4.98 Å². The quantitative estimate of drug-likeness (QED) is 0.492. The van der Waals surface area contributed by atoms with E-state index >= 15 is 0 Å². The molecule has 1 unspecified atom stereocenters. The van der Waals surface area contributed by atoms with Crippen molar-refractivity contribution in [2.45, 2.75) is 13.8 Å². The number of quaternary nitrogens is 1. The van der Waals surface area contributed by atoms with Gasteiger partial charge in [-0.2, -0.15) is 5.23 Å². The summed E-state index contributed by atoms with van der Waals surface area (Å²) in [6, 6.07) is 1.37. The molecule has 5 nitrogen and oxygen atoms in total. The first-order chi connectivity index (χ1) is 5.52. The smallest absolute Gasteiger partial charge is 0.312 e. The van der Waals surface area contributed by atoms with Gasteiger partial charge in [0.05, 0.1) is 0 Å². The van der Waals surface area contributed by atoms with Crippen LogP contribution in [-0.4, -0.2) is 10.2 Å². The molecular formula is C7H10N2O3. The molecule has 0 radical (unpaired) electrons. The molecule has 1 aromatic heterocycles. The summed E-state index contributed by atoms with van der Waals surface area (Å²) in [6.45, 7) is 3.47. The molecular weight excluding hydrogens is 160 g/mol. The van der Waals surface area contributed by atoms with Crippen LogP contribution in [0.2, 0.25) is 0 Å². The van der Waals surface area contributed by atoms with Gasteiger partial charge in [0.25, 0.3) is 0 Å². The third-order valence-corrected chi connectivity index (χ3v) is 1.73. The average molecular weight is 170 g/mol. The van der Waals surface area contributed by atoms with Crippen LogP contribution in [0.5, 0.6) is 0 Å². The van der Waals surface area contributed by atoms with Crippen molar-refractivity contribution in [3.05, 3.63) is 32.9 Å². The van der Waals surface area contributed by atoms with Crippen LogP contribution in [-0.2, 0) is 0 Å². The number of hydrogen-bond donors (Lipinski definition) is 3. The van der Waals surface area contributed by atoms with E-state index in [1.165, 1.54) is 6.07 Å². The van der Waals surface area contributed by atoms with Gasteiger partial charge in [0, 0.05) is 11.8 Å². The zero-order valence-corrected chi connectivity index (χ0v) is 6.84. The predicted molar refractivity (Wildman–Crippen MR) is 42.3 cm³/mol. The van der Waals surface area contributed by atoms with Crippen LogP contribution in [0.4, 0.5) is 5.69 Å². The van der Waals surface area contributed by atoms with Crippen LogP contribution in [0.3, 0.4) is 0 Å². The highest BCUT2D eigenvalue weighted by atomic mass is 16.8. The van der Waals surface area contributed by atoms with Gasteiger partial charge in [-0.05, 0) is 19.4 Å². The minimum absolute atomic E-state index is 0.210. The highest BCUT2D eigenvalue weighted by Gasteiger charge is 2.07. The Hall–Kier alpha value is -1.17. The van der Waals surface area contributed by atoms with E-state index in [-0.39, 0.29) is 5.69 Å². The molecule has 3 N–H and O–H groups in total. The predicted octanol–water partition coefficient (Wildman–Crippen LogP) is -0.605. The van der Waals surface area contributed by atoms with Gasteiger partial charge in [-0.1, -0.05) is 0 Å². The van der Waals surface area contributed by atoms with Crippen LogP contribution in [0.1, 0.15) is 11.3 Å². The summed E-state index contributed by atoms with van der Waals surface area (Å²) in [7, 11) is 0. The maximum atomic E-state index is 11.0. The van der Waals surface area contributed by atoms with E-state index in [1.54, 1.807) is 13.8 Å². The Balaban J connectivity index is 3.33. The standard InChI is InChI=1S/C7H10N2O3/c1-4-3-6(9(11)12)7(10)8-5(4)2/h3,9,11H,1-2H3,(H,8,10). The first-order valence-electron chi connectivity index (χ1n) is 3.46. The highest BCUT2D eigenvalue weighted by molar-refractivity contribution is 5.32. The first-order valence-corrected chi connectivity index (χ1v) is 3.46. The van der Waals surface area contributed by atoms with Gasteiger partial charge < -0.3 is 10.2 Å². The highest BCUT2D eigenvalue weighted by Crippen LogP contribution is 2.02. The number of aromatic nitrogens is 1. The summed E-state index contributed by atoms with van der Waals surface area (Å²) >= 11 is 0. The van der Waals surface area contributed by atoms with Crippen LogP contribution in [0.25, 0.3) is 0 Å². The molecule has 0 bridgehead atoms. The minimum atomic E-state index is -1.20. The maximum Gasteiger partial charge on any atom is 0.312 e. The fraction of sp³-hybridized carbons (Fsp3) is 0.286. The molecule has 0 amide bonds. The van der Waals surface area contributed by atoms with Crippen LogP contribution >= 0.6 is 0 Å². The molecule has 0 aliphatic heterocycles. The lowest BCUT2D eigenvalue weighted by atomic mass is 10.2. The molecule has 1 heterocycles. The summed E-state index contributed by atoms with van der Waals surface area (Å²) in [6.07, 6.45) is 0. The fourth-order valence-corrected chi connectivity index (χ4v) is 0.885. The molecule has 0 saturated heterocycles. The lowest BCUT2D eigenvalue weighted by Gasteiger charge is -2.11. The van der Waals surface area contributed by atoms with Crippen molar-refractivity contribution >= 4 is 5.69 Å². The second kappa shape index (κ2) is 3.06. The van der Waals surface area contributed by atoms with E-state index in [4.69, 9.17) is 5.21 Å². The molecule has 12 heavy (non-hydrogen) atoms. The molecule has 1 rings (SSSR count). The number of hydrogen-bond acceptors (Lipinski definition) is 3. The van der Waals surface area contributed by atoms with E-state index < -0.39 is 10.8 Å². The van der Waals surface area contributed by atoms with Gasteiger partial charge in [-0.3, -0.25) is 4.79 Å². The Morgan fingerprint density at radius 1 is 1.58 bits per heavy atom. The summed E-state index contributed by atoms with van der Waals surface area (Å²) in [5.41, 5.74) is 0.709. The molecule has 1 aromatic rings. The molecule has 0 aliphatic carbocycles. The summed E-state index contributed by atoms with van der Waals surface area (Å²) < 4.78 is 0. The van der Waals surface area contributed by atoms with E-state index in [1.807, 2.05) is 0 Å². The van der Waals surface area contributed by atoms with Crippen LogP contribution in [0.15, 0.2) is 10.9 Å². The Morgan fingerprint density at radius 2 is 2.17 bits per heavy atom. The number of pyridine rings is 1. The first kappa shape index (κ1) is 8.92. The zero-order valence-electron chi connectivity index (χ0n) is 6.84. The average Bonchev–Trinajstić information content (AvgIpc) is 1.96. The number of aromatic amines is 1. The lowest BCUT2D eigenvalue weighted by molar-refractivity contribution is -0.991. The number of nitrogens with one attached hydrogen (secondary N) is 2. The van der Waals surface area contributed by atoms with Crippen molar-refractivity contribution < 1.29 is 10.4 Å². The van der Waals surface area contributed by atoms with Crippen LogP contribution in [0, 0.1) is 19.1 Å². The van der Waals surface area contributed by atoms with Crippen molar-refractivity contribution in [1.82, 2.24) is 4.98 Å². The minimum Gasteiger partial charge on any atom is -0.595 e. The largest absolute Gasteiger partial charge is 0.595 e.